The maximum Gasteiger partial charge on any atom is 0.160 e. The number of rotatable bonds is 6. The molecular weight excluding hydrogens is 633 g/mol. The summed E-state index contributed by atoms with van der Waals surface area (Å²) in [4.78, 5) is 10.1. The van der Waals surface area contributed by atoms with E-state index in [4.69, 9.17) is 9.97 Å². The van der Waals surface area contributed by atoms with Gasteiger partial charge in [0.05, 0.1) is 27.9 Å². The summed E-state index contributed by atoms with van der Waals surface area (Å²) in [5, 5.41) is 1.24. The third-order valence-corrected chi connectivity index (χ3v) is 9.91. The van der Waals surface area contributed by atoms with Crippen molar-refractivity contribution in [2.45, 2.75) is 0 Å². The number of hydrogen-bond acceptors (Lipinski definition) is 2. The van der Waals surface area contributed by atoms with Gasteiger partial charge >= 0.3 is 0 Å². The summed E-state index contributed by atoms with van der Waals surface area (Å²) in [7, 11) is 0. The summed E-state index contributed by atoms with van der Waals surface area (Å²) in [5.74, 6) is 0.710. The topological polar surface area (TPSA) is 35.1 Å². The Balaban J connectivity index is 1.15. The molecule has 0 aliphatic heterocycles. The lowest BCUT2D eigenvalue weighted by molar-refractivity contribution is 1.15. The second-order valence-corrected chi connectivity index (χ2v) is 13.1. The van der Waals surface area contributed by atoms with E-state index in [0.717, 1.165) is 56.1 Å². The molecule has 52 heavy (non-hydrogen) atoms. The van der Waals surface area contributed by atoms with Crippen LogP contribution in [0.15, 0.2) is 194 Å². The van der Waals surface area contributed by atoms with Gasteiger partial charge in [0, 0.05) is 33.3 Å². The van der Waals surface area contributed by atoms with Crippen molar-refractivity contribution in [1.29, 1.82) is 0 Å². The van der Waals surface area contributed by atoms with E-state index in [0.29, 0.717) is 5.82 Å². The van der Waals surface area contributed by atoms with E-state index in [9.17, 15) is 0 Å². The van der Waals surface area contributed by atoms with Crippen LogP contribution in [0.3, 0.4) is 0 Å². The van der Waals surface area contributed by atoms with Crippen molar-refractivity contribution in [3.05, 3.63) is 194 Å². The predicted octanol–water partition coefficient (Wildman–Crippen LogP) is 12.2. The van der Waals surface area contributed by atoms with Gasteiger partial charge in [-0.1, -0.05) is 152 Å². The Morgan fingerprint density at radius 3 is 1.60 bits per heavy atom. The average molecular weight is 665 g/mol. The molecule has 3 heterocycles. The van der Waals surface area contributed by atoms with Gasteiger partial charge in [-0.3, -0.25) is 8.97 Å². The van der Waals surface area contributed by atoms with Gasteiger partial charge in [-0.05, 0) is 59.2 Å². The minimum absolute atomic E-state index is 0.710. The maximum absolute atomic E-state index is 5.10. The highest BCUT2D eigenvalue weighted by atomic mass is 15.1. The molecule has 0 unspecified atom stereocenters. The molecule has 0 amide bonds. The number of hydrogen-bond donors (Lipinski definition) is 0. The van der Waals surface area contributed by atoms with Gasteiger partial charge in [-0.25, -0.2) is 9.97 Å². The fraction of sp³-hybridized carbons (Fsp3) is 0. The fourth-order valence-electron chi connectivity index (χ4n) is 7.54. The first-order valence-electron chi connectivity index (χ1n) is 17.6. The number of para-hydroxylation sites is 3. The van der Waals surface area contributed by atoms with Crippen molar-refractivity contribution in [2.24, 2.45) is 0 Å². The highest BCUT2D eigenvalue weighted by Crippen LogP contribution is 2.41. The number of benzene rings is 7. The lowest BCUT2D eigenvalue weighted by atomic mass is 10.00. The van der Waals surface area contributed by atoms with E-state index >= 15 is 0 Å². The van der Waals surface area contributed by atoms with Crippen LogP contribution in [0.25, 0.3) is 89.4 Å². The zero-order chi connectivity index (χ0) is 34.4. The third-order valence-electron chi connectivity index (χ3n) is 9.91. The van der Waals surface area contributed by atoms with Gasteiger partial charge in [0.2, 0.25) is 0 Å². The molecule has 0 saturated heterocycles. The quantitative estimate of drug-likeness (QED) is 0.177. The highest BCUT2D eigenvalue weighted by molar-refractivity contribution is 6.09. The number of imidazole rings is 1. The van der Waals surface area contributed by atoms with E-state index < -0.39 is 0 Å². The first kappa shape index (κ1) is 29.8. The van der Waals surface area contributed by atoms with Crippen LogP contribution in [0.1, 0.15) is 0 Å². The summed E-state index contributed by atoms with van der Waals surface area (Å²) >= 11 is 0. The summed E-state index contributed by atoms with van der Waals surface area (Å²) in [6.45, 7) is 0. The molecule has 0 atom stereocenters. The van der Waals surface area contributed by atoms with Gasteiger partial charge in [0.15, 0.2) is 5.82 Å². The molecule has 0 aliphatic carbocycles. The molecule has 244 valence electrons. The van der Waals surface area contributed by atoms with E-state index in [1.54, 1.807) is 0 Å². The van der Waals surface area contributed by atoms with Crippen molar-refractivity contribution in [2.75, 3.05) is 0 Å². The van der Waals surface area contributed by atoms with Gasteiger partial charge < -0.3 is 0 Å². The Labute approximate surface area is 301 Å². The molecule has 0 spiro atoms. The molecule has 4 heteroatoms. The van der Waals surface area contributed by atoms with Crippen LogP contribution in [-0.4, -0.2) is 18.9 Å². The number of fused-ring (bicyclic) bond motifs is 5. The normalized spacial score (nSPS) is 11.5. The molecule has 10 aromatic rings. The van der Waals surface area contributed by atoms with Crippen LogP contribution in [0.2, 0.25) is 0 Å². The average Bonchev–Trinajstić information content (AvgIpc) is 3.74. The predicted molar refractivity (Wildman–Crippen MR) is 215 cm³/mol. The highest BCUT2D eigenvalue weighted by Gasteiger charge is 2.22. The minimum atomic E-state index is 0.710. The molecule has 0 N–H and O–H groups in total. The van der Waals surface area contributed by atoms with E-state index in [2.05, 4.69) is 167 Å². The minimum Gasteiger partial charge on any atom is -0.293 e. The van der Waals surface area contributed by atoms with Crippen molar-refractivity contribution >= 4 is 27.6 Å². The molecule has 10 rings (SSSR count). The van der Waals surface area contributed by atoms with E-state index in [1.807, 2.05) is 36.4 Å². The second kappa shape index (κ2) is 12.4. The molecule has 7 aromatic carbocycles. The Bertz CT molecular complexity index is 2830. The van der Waals surface area contributed by atoms with E-state index in [-0.39, 0.29) is 0 Å². The number of aromatic nitrogens is 4. The molecule has 4 nitrogen and oxygen atoms in total. The summed E-state index contributed by atoms with van der Waals surface area (Å²) in [5.41, 5.74) is 15.4. The van der Waals surface area contributed by atoms with Gasteiger partial charge in [0.1, 0.15) is 5.65 Å². The Kier molecular flexibility index (Phi) is 7.10. The van der Waals surface area contributed by atoms with Crippen molar-refractivity contribution < 1.29 is 0 Å². The number of nitrogens with zero attached hydrogens (tertiary/aromatic N) is 4. The summed E-state index contributed by atoms with van der Waals surface area (Å²) in [6.07, 6.45) is 0. The molecule has 0 fully saturated rings. The summed E-state index contributed by atoms with van der Waals surface area (Å²) in [6, 6.07) is 68.4. The summed E-state index contributed by atoms with van der Waals surface area (Å²) < 4.78 is 4.84. The third kappa shape index (κ3) is 5.00. The van der Waals surface area contributed by atoms with Gasteiger partial charge in [-0.15, -0.1) is 0 Å². The van der Waals surface area contributed by atoms with Crippen LogP contribution in [0.5, 0.6) is 0 Å². The molecule has 0 radical (unpaired) electrons. The van der Waals surface area contributed by atoms with Gasteiger partial charge in [-0.2, -0.15) is 0 Å². The fourth-order valence-corrected chi connectivity index (χ4v) is 7.54. The Morgan fingerprint density at radius 1 is 0.346 bits per heavy atom. The van der Waals surface area contributed by atoms with E-state index in [1.165, 1.54) is 27.5 Å². The van der Waals surface area contributed by atoms with Crippen LogP contribution in [0.4, 0.5) is 0 Å². The zero-order valence-electron chi connectivity index (χ0n) is 28.3. The molecule has 0 aliphatic rings. The molecule has 0 saturated carbocycles. The van der Waals surface area contributed by atoms with Crippen LogP contribution in [-0.2, 0) is 0 Å². The van der Waals surface area contributed by atoms with Gasteiger partial charge in [0.25, 0.3) is 0 Å². The van der Waals surface area contributed by atoms with Crippen molar-refractivity contribution in [1.82, 2.24) is 18.9 Å². The molecule has 3 aromatic heterocycles. The lowest BCUT2D eigenvalue weighted by Gasteiger charge is -2.12. The molecule has 0 bridgehead atoms. The van der Waals surface area contributed by atoms with Crippen molar-refractivity contribution in [3.63, 3.8) is 0 Å². The molecular formula is C48H32N4. The maximum atomic E-state index is 5.10. The van der Waals surface area contributed by atoms with Crippen molar-refractivity contribution in [3.8, 4) is 61.8 Å². The van der Waals surface area contributed by atoms with Crippen LogP contribution >= 0.6 is 0 Å². The lowest BCUT2D eigenvalue weighted by Crippen LogP contribution is -1.97. The standard InChI is InChI=1S/C48H32N4/c1-4-16-33(17-5-1)41-32-42(50-47(49-41)35-20-8-3-9-21-35)38-24-14-22-36(30-38)37-23-15-25-39(31-37)51-44-28-12-13-29-45(44)52-43-27-11-10-26-40(43)46(48(51)52)34-18-6-2-7-19-34/h1-32H. The first-order chi connectivity index (χ1) is 25.8. The van der Waals surface area contributed by atoms with Crippen LogP contribution < -0.4 is 0 Å². The monoisotopic (exact) mass is 664 g/mol. The van der Waals surface area contributed by atoms with Crippen LogP contribution in [0, 0.1) is 0 Å². The second-order valence-electron chi connectivity index (χ2n) is 13.1. The largest absolute Gasteiger partial charge is 0.293 e. The SMILES string of the molecule is c1ccc(-c2cc(-c3cccc(-c4cccc(-n5c6ccccc6n6c7ccccc7c(-c7ccccc7)c56)c4)c3)nc(-c3ccccc3)n2)cc1. The zero-order valence-corrected chi connectivity index (χ0v) is 28.3. The first-order valence-corrected chi connectivity index (χ1v) is 17.6. The Hall–Kier alpha value is -7.04. The Morgan fingerprint density at radius 2 is 0.865 bits per heavy atom. The smallest absolute Gasteiger partial charge is 0.160 e.